The number of rotatable bonds is 8. The van der Waals surface area contributed by atoms with Crippen molar-refractivity contribution in [3.63, 3.8) is 0 Å². The molecule has 0 N–H and O–H groups in total. The van der Waals surface area contributed by atoms with E-state index < -0.39 is 17.9 Å². The molecule has 0 amide bonds. The fourth-order valence-corrected chi connectivity index (χ4v) is 1.88. The van der Waals surface area contributed by atoms with E-state index in [4.69, 9.17) is 14.2 Å². The van der Waals surface area contributed by atoms with Crippen molar-refractivity contribution in [1.29, 1.82) is 0 Å². The summed E-state index contributed by atoms with van der Waals surface area (Å²) in [7, 11) is 0. The fourth-order valence-electron chi connectivity index (χ4n) is 1.88. The summed E-state index contributed by atoms with van der Waals surface area (Å²) in [6, 6.07) is 8.99. The van der Waals surface area contributed by atoms with Crippen LogP contribution in [0.3, 0.4) is 0 Å². The summed E-state index contributed by atoms with van der Waals surface area (Å²) in [5.74, 6) is -2.37. The van der Waals surface area contributed by atoms with Gasteiger partial charge in [-0.2, -0.15) is 0 Å². The maximum Gasteiger partial charge on any atom is 0.345 e. The third-order valence-electron chi connectivity index (χ3n) is 2.92. The Kier molecular flexibility index (Phi) is 8.71. The minimum atomic E-state index is -0.857. The largest absolute Gasteiger partial charge is 0.462 e. The van der Waals surface area contributed by atoms with Crippen LogP contribution >= 0.6 is 0 Å². The standard InChI is InChI=1S/C19H22O6/c1-4-23-17(20)15(12-14-10-8-7-9-11-14)13-16(18(21)24-5-2)19(22)25-6-3/h7-13H,4-6H2,1-3H3/b15-12-. The van der Waals surface area contributed by atoms with E-state index in [0.29, 0.717) is 5.56 Å². The second kappa shape index (κ2) is 10.8. The molecule has 0 spiro atoms. The number of carbonyl (C=O) groups is 3. The summed E-state index contributed by atoms with van der Waals surface area (Å²) >= 11 is 0. The molecule has 0 radical (unpaired) electrons. The number of hydrogen-bond donors (Lipinski definition) is 0. The van der Waals surface area contributed by atoms with Crippen molar-refractivity contribution < 1.29 is 28.6 Å². The van der Waals surface area contributed by atoms with Gasteiger partial charge < -0.3 is 14.2 Å². The van der Waals surface area contributed by atoms with E-state index in [2.05, 4.69) is 0 Å². The van der Waals surface area contributed by atoms with Crippen molar-refractivity contribution in [3.05, 3.63) is 53.1 Å². The number of hydrogen-bond acceptors (Lipinski definition) is 6. The minimum Gasteiger partial charge on any atom is -0.462 e. The summed E-state index contributed by atoms with van der Waals surface area (Å²) < 4.78 is 14.8. The van der Waals surface area contributed by atoms with E-state index in [0.717, 1.165) is 6.08 Å². The molecule has 0 atom stereocenters. The first-order valence-electron chi connectivity index (χ1n) is 8.03. The molecule has 6 nitrogen and oxygen atoms in total. The van der Waals surface area contributed by atoms with Crippen LogP contribution in [-0.2, 0) is 28.6 Å². The predicted octanol–water partition coefficient (Wildman–Crippen LogP) is 2.69. The fraction of sp³-hybridized carbons (Fsp3) is 0.316. The molecule has 0 saturated carbocycles. The highest BCUT2D eigenvalue weighted by atomic mass is 16.6. The normalized spacial score (nSPS) is 10.6. The molecule has 0 aliphatic rings. The molecule has 0 unspecified atom stereocenters. The van der Waals surface area contributed by atoms with E-state index in [1.807, 2.05) is 6.07 Å². The molecule has 0 aromatic heterocycles. The lowest BCUT2D eigenvalue weighted by molar-refractivity contribution is -0.146. The van der Waals surface area contributed by atoms with Crippen molar-refractivity contribution >= 4 is 24.0 Å². The summed E-state index contributed by atoms with van der Waals surface area (Å²) in [4.78, 5) is 36.3. The average molecular weight is 346 g/mol. The molecule has 0 heterocycles. The summed E-state index contributed by atoms with van der Waals surface area (Å²) in [5.41, 5.74) is 0.400. The van der Waals surface area contributed by atoms with Crippen molar-refractivity contribution in [2.45, 2.75) is 20.8 Å². The monoisotopic (exact) mass is 346 g/mol. The van der Waals surface area contributed by atoms with Crippen LogP contribution < -0.4 is 0 Å². The lowest BCUT2D eigenvalue weighted by Gasteiger charge is -2.08. The lowest BCUT2D eigenvalue weighted by Crippen LogP contribution is -2.19. The zero-order valence-electron chi connectivity index (χ0n) is 14.6. The van der Waals surface area contributed by atoms with Gasteiger partial charge in [0.15, 0.2) is 0 Å². The van der Waals surface area contributed by atoms with Crippen LogP contribution in [0.4, 0.5) is 0 Å². The van der Waals surface area contributed by atoms with Crippen molar-refractivity contribution in [2.24, 2.45) is 0 Å². The van der Waals surface area contributed by atoms with Crippen LogP contribution in [0.1, 0.15) is 26.3 Å². The Morgan fingerprint density at radius 1 is 0.800 bits per heavy atom. The molecule has 0 fully saturated rings. The van der Waals surface area contributed by atoms with Crippen LogP contribution in [-0.4, -0.2) is 37.7 Å². The summed E-state index contributed by atoms with van der Waals surface area (Å²) in [6.07, 6.45) is 2.66. The maximum atomic E-state index is 12.2. The second-order valence-corrected chi connectivity index (χ2v) is 4.73. The maximum absolute atomic E-state index is 12.2. The van der Waals surface area contributed by atoms with Gasteiger partial charge in [-0.15, -0.1) is 0 Å². The van der Waals surface area contributed by atoms with E-state index in [-0.39, 0.29) is 31.0 Å². The Morgan fingerprint density at radius 2 is 1.28 bits per heavy atom. The van der Waals surface area contributed by atoms with E-state index >= 15 is 0 Å². The Bertz CT molecular complexity index is 638. The summed E-state index contributed by atoms with van der Waals surface area (Å²) in [5, 5.41) is 0. The van der Waals surface area contributed by atoms with Gasteiger partial charge >= 0.3 is 17.9 Å². The van der Waals surface area contributed by atoms with Crippen LogP contribution in [0, 0.1) is 0 Å². The zero-order valence-corrected chi connectivity index (χ0v) is 14.6. The smallest absolute Gasteiger partial charge is 0.345 e. The van der Waals surface area contributed by atoms with Crippen molar-refractivity contribution in [3.8, 4) is 0 Å². The number of benzene rings is 1. The predicted molar refractivity (Wildman–Crippen MR) is 92.4 cm³/mol. The molecule has 0 aliphatic heterocycles. The molecule has 1 rings (SSSR count). The number of esters is 3. The Morgan fingerprint density at radius 3 is 1.76 bits per heavy atom. The van der Waals surface area contributed by atoms with E-state index in [1.54, 1.807) is 45.0 Å². The van der Waals surface area contributed by atoms with Gasteiger partial charge in [-0.25, -0.2) is 14.4 Å². The quantitative estimate of drug-likeness (QED) is 0.180. The van der Waals surface area contributed by atoms with Gasteiger partial charge in [0.1, 0.15) is 5.57 Å². The highest BCUT2D eigenvalue weighted by molar-refractivity contribution is 6.16. The van der Waals surface area contributed by atoms with Crippen LogP contribution in [0.2, 0.25) is 0 Å². The van der Waals surface area contributed by atoms with Crippen molar-refractivity contribution in [1.82, 2.24) is 0 Å². The van der Waals surface area contributed by atoms with Crippen LogP contribution in [0.5, 0.6) is 0 Å². The van der Waals surface area contributed by atoms with Crippen LogP contribution in [0.25, 0.3) is 6.08 Å². The molecule has 1 aromatic carbocycles. The number of ether oxygens (including phenoxy) is 3. The van der Waals surface area contributed by atoms with Gasteiger partial charge in [0.2, 0.25) is 0 Å². The Labute approximate surface area is 147 Å². The van der Waals surface area contributed by atoms with Gasteiger partial charge in [0.25, 0.3) is 0 Å². The van der Waals surface area contributed by atoms with Gasteiger partial charge in [-0.05, 0) is 38.5 Å². The molecule has 0 saturated heterocycles. The molecule has 0 bridgehead atoms. The summed E-state index contributed by atoms with van der Waals surface area (Å²) in [6.45, 7) is 5.24. The van der Waals surface area contributed by atoms with Gasteiger partial charge in [-0.3, -0.25) is 0 Å². The molecule has 25 heavy (non-hydrogen) atoms. The second-order valence-electron chi connectivity index (χ2n) is 4.73. The highest BCUT2D eigenvalue weighted by Crippen LogP contribution is 2.14. The molecule has 1 aromatic rings. The molecular weight excluding hydrogens is 324 g/mol. The van der Waals surface area contributed by atoms with E-state index in [1.165, 1.54) is 6.08 Å². The topological polar surface area (TPSA) is 78.9 Å². The highest BCUT2D eigenvalue weighted by Gasteiger charge is 2.23. The first-order chi connectivity index (χ1) is 12.0. The van der Waals surface area contributed by atoms with Gasteiger partial charge in [-0.1, -0.05) is 30.3 Å². The first kappa shape index (κ1) is 20.2. The zero-order chi connectivity index (χ0) is 18.7. The van der Waals surface area contributed by atoms with Crippen molar-refractivity contribution in [2.75, 3.05) is 19.8 Å². The Hall–Kier alpha value is -2.89. The molecular formula is C19H22O6. The van der Waals surface area contributed by atoms with Crippen LogP contribution in [0.15, 0.2) is 47.6 Å². The number of carbonyl (C=O) groups excluding carboxylic acids is 3. The minimum absolute atomic E-state index is 0.0455. The third kappa shape index (κ3) is 6.63. The molecule has 6 heteroatoms. The third-order valence-corrected chi connectivity index (χ3v) is 2.92. The lowest BCUT2D eigenvalue weighted by atomic mass is 10.1. The first-order valence-corrected chi connectivity index (χ1v) is 8.03. The van der Waals surface area contributed by atoms with Gasteiger partial charge in [0, 0.05) is 0 Å². The molecule has 134 valence electrons. The average Bonchev–Trinajstić information content (AvgIpc) is 2.59. The molecule has 0 aliphatic carbocycles. The Balaban J connectivity index is 3.34. The SMILES string of the molecule is CCOC(=O)C(=C/C(=C/c1ccccc1)C(=O)OCC)C(=O)OCC. The van der Waals surface area contributed by atoms with Gasteiger partial charge in [0.05, 0.1) is 25.4 Å². The van der Waals surface area contributed by atoms with E-state index in [9.17, 15) is 14.4 Å².